The van der Waals surface area contributed by atoms with Gasteiger partial charge in [0.1, 0.15) is 0 Å². The summed E-state index contributed by atoms with van der Waals surface area (Å²) in [6.07, 6.45) is 12.1. The van der Waals surface area contributed by atoms with Crippen LogP contribution in [-0.2, 0) is 4.43 Å². The van der Waals surface area contributed by atoms with Crippen LogP contribution in [-0.4, -0.2) is 14.4 Å². The van der Waals surface area contributed by atoms with Crippen molar-refractivity contribution >= 4 is 8.32 Å². The van der Waals surface area contributed by atoms with Crippen molar-refractivity contribution in [2.24, 2.45) is 11.8 Å². The highest BCUT2D eigenvalue weighted by Crippen LogP contribution is 2.43. The van der Waals surface area contributed by atoms with Crippen LogP contribution in [0.25, 0.3) is 0 Å². The van der Waals surface area contributed by atoms with Crippen LogP contribution in [0.4, 0.5) is 0 Å². The topological polar surface area (TPSA) is 9.23 Å². The second kappa shape index (κ2) is 5.13. The van der Waals surface area contributed by atoms with E-state index in [1.165, 1.54) is 32.1 Å². The van der Waals surface area contributed by atoms with Gasteiger partial charge in [-0.2, -0.15) is 0 Å². The SMILES string of the molecule is CC(C)(C)[Si](C)(C)OC1CCC[C@H]2CCC=C[C@@H]12. The third kappa shape index (κ3) is 2.90. The van der Waals surface area contributed by atoms with Crippen LogP contribution in [0.15, 0.2) is 12.2 Å². The maximum atomic E-state index is 6.70. The number of fused-ring (bicyclic) bond motifs is 1. The highest BCUT2D eigenvalue weighted by molar-refractivity contribution is 6.74. The van der Waals surface area contributed by atoms with Crippen LogP contribution in [0.5, 0.6) is 0 Å². The fraction of sp³-hybridized carbons (Fsp3) is 0.875. The molecule has 1 unspecified atom stereocenters. The summed E-state index contributed by atoms with van der Waals surface area (Å²) < 4.78 is 6.70. The maximum absolute atomic E-state index is 6.70. The Balaban J connectivity index is 2.08. The zero-order valence-corrected chi connectivity index (χ0v) is 13.8. The molecule has 0 aliphatic heterocycles. The summed E-state index contributed by atoms with van der Waals surface area (Å²) in [5.41, 5.74) is 0. The predicted molar refractivity (Wildman–Crippen MR) is 81.3 cm³/mol. The second-order valence-electron chi connectivity index (χ2n) is 7.69. The van der Waals surface area contributed by atoms with E-state index in [1.54, 1.807) is 0 Å². The van der Waals surface area contributed by atoms with E-state index in [0.717, 1.165) is 5.92 Å². The molecule has 2 aliphatic carbocycles. The van der Waals surface area contributed by atoms with Gasteiger partial charge in [-0.3, -0.25) is 0 Å². The lowest BCUT2D eigenvalue weighted by Gasteiger charge is -2.45. The molecule has 1 nitrogen and oxygen atoms in total. The average molecular weight is 267 g/mol. The Morgan fingerprint density at radius 3 is 2.50 bits per heavy atom. The normalized spacial score (nSPS) is 33.3. The van der Waals surface area contributed by atoms with Gasteiger partial charge in [0.05, 0.1) is 6.10 Å². The molecular formula is C16H30OSi. The number of allylic oxidation sites excluding steroid dienone is 1. The molecule has 1 fully saturated rings. The van der Waals surface area contributed by atoms with Crippen molar-refractivity contribution in [3.63, 3.8) is 0 Å². The molecule has 0 spiro atoms. The molecule has 0 amide bonds. The van der Waals surface area contributed by atoms with Crippen molar-refractivity contribution < 1.29 is 4.43 Å². The summed E-state index contributed by atoms with van der Waals surface area (Å²) in [5, 5.41) is 0.332. The monoisotopic (exact) mass is 266 g/mol. The smallest absolute Gasteiger partial charge is 0.192 e. The first-order chi connectivity index (χ1) is 8.31. The maximum Gasteiger partial charge on any atom is 0.192 e. The Hall–Kier alpha value is -0.0831. The molecule has 0 heterocycles. The number of hydrogen-bond acceptors (Lipinski definition) is 1. The minimum absolute atomic E-state index is 0.332. The number of rotatable bonds is 2. The molecule has 0 aromatic carbocycles. The quantitative estimate of drug-likeness (QED) is 0.496. The lowest BCUT2D eigenvalue weighted by atomic mass is 9.73. The Labute approximate surface area is 114 Å². The number of hydrogen-bond donors (Lipinski definition) is 0. The first-order valence-electron chi connectivity index (χ1n) is 7.66. The van der Waals surface area contributed by atoms with E-state index in [0.29, 0.717) is 17.1 Å². The molecule has 0 aromatic rings. The summed E-state index contributed by atoms with van der Waals surface area (Å²) >= 11 is 0. The van der Waals surface area contributed by atoms with Gasteiger partial charge >= 0.3 is 0 Å². The van der Waals surface area contributed by atoms with Gasteiger partial charge in [0.15, 0.2) is 8.32 Å². The Bertz CT molecular complexity index is 314. The van der Waals surface area contributed by atoms with Crippen LogP contribution < -0.4 is 0 Å². The molecule has 2 heteroatoms. The summed E-state index contributed by atoms with van der Waals surface area (Å²) in [6.45, 7) is 11.8. The molecule has 0 radical (unpaired) electrons. The van der Waals surface area contributed by atoms with Crippen molar-refractivity contribution in [2.45, 2.75) is 77.1 Å². The van der Waals surface area contributed by atoms with Gasteiger partial charge in [-0.1, -0.05) is 39.3 Å². The van der Waals surface area contributed by atoms with E-state index in [-0.39, 0.29) is 0 Å². The van der Waals surface area contributed by atoms with Crippen LogP contribution in [0, 0.1) is 11.8 Å². The van der Waals surface area contributed by atoms with Crippen molar-refractivity contribution in [3.05, 3.63) is 12.2 Å². The molecule has 1 saturated carbocycles. The lowest BCUT2D eigenvalue weighted by molar-refractivity contribution is 0.0602. The Morgan fingerprint density at radius 2 is 1.83 bits per heavy atom. The van der Waals surface area contributed by atoms with Gasteiger partial charge in [0.2, 0.25) is 0 Å². The first-order valence-corrected chi connectivity index (χ1v) is 10.6. The third-order valence-corrected chi connectivity index (χ3v) is 9.86. The summed E-state index contributed by atoms with van der Waals surface area (Å²) in [5.74, 6) is 1.61. The van der Waals surface area contributed by atoms with Crippen LogP contribution in [0.1, 0.15) is 52.9 Å². The molecule has 2 rings (SSSR count). The summed E-state index contributed by atoms with van der Waals surface area (Å²) in [7, 11) is -1.60. The lowest BCUT2D eigenvalue weighted by Crippen LogP contribution is -2.47. The van der Waals surface area contributed by atoms with E-state index >= 15 is 0 Å². The highest BCUT2D eigenvalue weighted by atomic mass is 28.4. The van der Waals surface area contributed by atoms with Crippen molar-refractivity contribution in [1.29, 1.82) is 0 Å². The van der Waals surface area contributed by atoms with Gasteiger partial charge in [0, 0.05) is 5.92 Å². The largest absolute Gasteiger partial charge is 0.413 e. The predicted octanol–water partition coefficient (Wildman–Crippen LogP) is 5.14. The highest BCUT2D eigenvalue weighted by Gasteiger charge is 2.42. The van der Waals surface area contributed by atoms with E-state index in [9.17, 15) is 0 Å². The molecular weight excluding hydrogens is 236 g/mol. The minimum atomic E-state index is -1.60. The van der Waals surface area contributed by atoms with E-state index in [4.69, 9.17) is 4.43 Å². The fourth-order valence-corrected chi connectivity index (χ4v) is 4.53. The van der Waals surface area contributed by atoms with Gasteiger partial charge in [0.25, 0.3) is 0 Å². The zero-order valence-electron chi connectivity index (χ0n) is 12.8. The van der Waals surface area contributed by atoms with Gasteiger partial charge < -0.3 is 4.43 Å². The molecule has 0 saturated heterocycles. The minimum Gasteiger partial charge on any atom is -0.413 e. The molecule has 3 atom stereocenters. The average Bonchev–Trinajstić information content (AvgIpc) is 2.27. The molecule has 0 N–H and O–H groups in total. The molecule has 104 valence electrons. The van der Waals surface area contributed by atoms with Crippen molar-refractivity contribution in [2.75, 3.05) is 0 Å². The Morgan fingerprint density at radius 1 is 1.11 bits per heavy atom. The summed E-state index contributed by atoms with van der Waals surface area (Å²) in [6, 6.07) is 0. The molecule has 0 bridgehead atoms. The van der Waals surface area contributed by atoms with Gasteiger partial charge in [-0.15, -0.1) is 0 Å². The van der Waals surface area contributed by atoms with E-state index in [2.05, 4.69) is 46.0 Å². The van der Waals surface area contributed by atoms with Crippen LogP contribution >= 0.6 is 0 Å². The van der Waals surface area contributed by atoms with Crippen molar-refractivity contribution in [3.8, 4) is 0 Å². The first kappa shape index (κ1) is 14.3. The van der Waals surface area contributed by atoms with Gasteiger partial charge in [-0.25, -0.2) is 0 Å². The van der Waals surface area contributed by atoms with Crippen LogP contribution in [0.2, 0.25) is 18.1 Å². The standard InChI is InChI=1S/C16H30OSi/c1-16(2,3)18(4,5)17-15-12-8-10-13-9-6-7-11-14(13)15/h7,11,13-15H,6,8-10,12H2,1-5H3/t13-,14-,15?/m1/s1. The third-order valence-electron chi connectivity index (χ3n) is 5.35. The van der Waals surface area contributed by atoms with Crippen LogP contribution in [0.3, 0.4) is 0 Å². The van der Waals surface area contributed by atoms with E-state index in [1.807, 2.05) is 0 Å². The Kier molecular flexibility index (Phi) is 4.08. The zero-order chi connectivity index (χ0) is 13.4. The summed E-state index contributed by atoms with van der Waals surface area (Å²) in [4.78, 5) is 0. The van der Waals surface area contributed by atoms with E-state index < -0.39 is 8.32 Å². The second-order valence-corrected chi connectivity index (χ2v) is 12.4. The molecule has 2 aliphatic rings. The molecule has 18 heavy (non-hydrogen) atoms. The van der Waals surface area contributed by atoms with Crippen molar-refractivity contribution in [1.82, 2.24) is 0 Å². The van der Waals surface area contributed by atoms with Gasteiger partial charge in [-0.05, 0) is 49.7 Å². The fourth-order valence-electron chi connectivity index (χ4n) is 3.14. The molecule has 0 aromatic heterocycles.